The third-order valence-electron chi connectivity index (χ3n) is 7.80. The highest BCUT2D eigenvalue weighted by molar-refractivity contribution is 6.73. The molecule has 0 N–H and O–H groups in total. The molecule has 0 saturated carbocycles. The molecule has 0 spiro atoms. The minimum atomic E-state index is -2.57. The zero-order chi connectivity index (χ0) is 26.7. The van der Waals surface area contributed by atoms with Gasteiger partial charge in [0.15, 0.2) is 0 Å². The third kappa shape index (κ3) is 9.20. The average molecular weight is 523 g/mol. The zero-order valence-electron chi connectivity index (χ0n) is 24.8. The molecular formula is C31H58O4Si. The lowest BCUT2D eigenvalue weighted by molar-refractivity contribution is -0.128. The Hall–Kier alpha value is -0.783. The van der Waals surface area contributed by atoms with Crippen molar-refractivity contribution in [3.8, 4) is 0 Å². The molecule has 2 rings (SSSR count). The normalized spacial score (nSPS) is 23.7. The number of hydrogen-bond acceptors (Lipinski definition) is 4. The van der Waals surface area contributed by atoms with Crippen molar-refractivity contribution in [2.45, 2.75) is 167 Å². The predicted octanol–water partition coefficient (Wildman–Crippen LogP) is 9.74. The fourth-order valence-corrected chi connectivity index (χ4v) is 10.9. The van der Waals surface area contributed by atoms with Gasteiger partial charge in [-0.05, 0) is 12.5 Å². The molecule has 2 aliphatic rings. The van der Waals surface area contributed by atoms with Crippen molar-refractivity contribution in [1.82, 2.24) is 0 Å². The summed E-state index contributed by atoms with van der Waals surface area (Å²) < 4.78 is 25.7. The number of ether oxygens (including phenoxy) is 2. The molecule has 1 fully saturated rings. The summed E-state index contributed by atoms with van der Waals surface area (Å²) in [5, 5.41) is -0.124. The van der Waals surface area contributed by atoms with Crippen LogP contribution in [-0.4, -0.2) is 33.5 Å². The Morgan fingerprint density at radius 3 is 1.83 bits per heavy atom. The SMILES string of the molecule is C=C(CCCCCCCCCCCCCCC)O[C@H]1C=CO[C@@H]2CO[Si](C(C)(C)C)(C(C)(C)C)O[C@@H]12. The Balaban J connectivity index is 1.68. The first-order chi connectivity index (χ1) is 17.0. The van der Waals surface area contributed by atoms with Gasteiger partial charge in [-0.2, -0.15) is 0 Å². The molecule has 3 atom stereocenters. The van der Waals surface area contributed by atoms with Crippen LogP contribution in [0.2, 0.25) is 10.1 Å². The number of allylic oxidation sites excluding steroid dienone is 1. The minimum Gasteiger partial charge on any atom is -0.493 e. The van der Waals surface area contributed by atoms with E-state index >= 15 is 0 Å². The topological polar surface area (TPSA) is 36.9 Å². The van der Waals surface area contributed by atoms with E-state index in [4.69, 9.17) is 18.3 Å². The molecule has 0 bridgehead atoms. The Labute approximate surface area is 224 Å². The van der Waals surface area contributed by atoms with Crippen LogP contribution in [-0.2, 0) is 18.3 Å². The van der Waals surface area contributed by atoms with Crippen LogP contribution in [0, 0.1) is 0 Å². The number of unbranched alkanes of at least 4 members (excludes halogenated alkanes) is 12. The Morgan fingerprint density at radius 2 is 1.33 bits per heavy atom. The van der Waals surface area contributed by atoms with Crippen LogP contribution in [0.25, 0.3) is 0 Å². The van der Waals surface area contributed by atoms with Gasteiger partial charge < -0.3 is 18.3 Å². The second kappa shape index (κ2) is 15.0. The first kappa shape index (κ1) is 31.4. The van der Waals surface area contributed by atoms with Crippen LogP contribution >= 0.6 is 0 Å². The van der Waals surface area contributed by atoms with E-state index in [1.165, 1.54) is 77.0 Å². The number of hydrogen-bond donors (Lipinski definition) is 0. The largest absolute Gasteiger partial charge is 0.493 e. The smallest absolute Gasteiger partial charge is 0.349 e. The van der Waals surface area contributed by atoms with Gasteiger partial charge in [0.2, 0.25) is 0 Å². The van der Waals surface area contributed by atoms with Gasteiger partial charge >= 0.3 is 8.56 Å². The van der Waals surface area contributed by atoms with Crippen molar-refractivity contribution in [1.29, 1.82) is 0 Å². The van der Waals surface area contributed by atoms with Crippen molar-refractivity contribution >= 4 is 8.56 Å². The molecule has 0 amide bonds. The van der Waals surface area contributed by atoms with E-state index in [1.54, 1.807) is 6.26 Å². The molecule has 210 valence electrons. The molecule has 0 aromatic carbocycles. The third-order valence-corrected chi connectivity index (χ3v) is 12.9. The molecule has 0 unspecified atom stereocenters. The fourth-order valence-electron chi connectivity index (χ4n) is 5.93. The van der Waals surface area contributed by atoms with Gasteiger partial charge in [0, 0.05) is 16.5 Å². The number of rotatable bonds is 16. The summed E-state index contributed by atoms with van der Waals surface area (Å²) in [6, 6.07) is 0. The molecule has 1 saturated heterocycles. The van der Waals surface area contributed by atoms with E-state index < -0.39 is 8.56 Å². The Bertz CT molecular complexity index is 646. The maximum atomic E-state index is 6.92. The van der Waals surface area contributed by atoms with Crippen LogP contribution in [0.4, 0.5) is 0 Å². The van der Waals surface area contributed by atoms with Crippen molar-refractivity contribution in [3.63, 3.8) is 0 Å². The summed E-state index contributed by atoms with van der Waals surface area (Å²) in [6.07, 6.45) is 21.9. The molecule has 4 nitrogen and oxygen atoms in total. The first-order valence-corrected chi connectivity index (χ1v) is 16.8. The van der Waals surface area contributed by atoms with Crippen LogP contribution < -0.4 is 0 Å². The minimum absolute atomic E-state index is 0.0619. The molecule has 5 heteroatoms. The highest BCUT2D eigenvalue weighted by atomic mass is 28.4. The van der Waals surface area contributed by atoms with Gasteiger partial charge in [0.1, 0.15) is 18.3 Å². The van der Waals surface area contributed by atoms with Gasteiger partial charge in [-0.3, -0.25) is 0 Å². The fraction of sp³-hybridized carbons (Fsp3) is 0.871. The average Bonchev–Trinajstić information content (AvgIpc) is 2.80. The van der Waals surface area contributed by atoms with E-state index in [0.717, 1.165) is 18.6 Å². The molecular weight excluding hydrogens is 464 g/mol. The summed E-state index contributed by atoms with van der Waals surface area (Å²) in [4.78, 5) is 0. The molecule has 0 aromatic heterocycles. The first-order valence-electron chi connectivity index (χ1n) is 15.0. The van der Waals surface area contributed by atoms with E-state index in [0.29, 0.717) is 6.61 Å². The summed E-state index contributed by atoms with van der Waals surface area (Å²) in [5.41, 5.74) is 0. The van der Waals surface area contributed by atoms with Crippen molar-refractivity contribution in [2.75, 3.05) is 6.61 Å². The van der Waals surface area contributed by atoms with E-state index in [-0.39, 0.29) is 28.4 Å². The van der Waals surface area contributed by atoms with E-state index in [2.05, 4.69) is 55.0 Å². The molecule has 2 aliphatic heterocycles. The second-order valence-corrected chi connectivity index (χ2v) is 17.9. The summed E-state index contributed by atoms with van der Waals surface area (Å²) in [5.74, 6) is 0.863. The van der Waals surface area contributed by atoms with Crippen LogP contribution in [0.5, 0.6) is 0 Å². The predicted molar refractivity (Wildman–Crippen MR) is 154 cm³/mol. The van der Waals surface area contributed by atoms with E-state index in [9.17, 15) is 0 Å². The van der Waals surface area contributed by atoms with Gasteiger partial charge in [-0.25, -0.2) is 0 Å². The molecule has 0 aliphatic carbocycles. The maximum Gasteiger partial charge on any atom is 0.349 e. The Kier molecular flexibility index (Phi) is 13.1. The van der Waals surface area contributed by atoms with E-state index in [1.807, 2.05) is 6.08 Å². The van der Waals surface area contributed by atoms with Gasteiger partial charge in [0.25, 0.3) is 0 Å². The lowest BCUT2D eigenvalue weighted by Gasteiger charge is -2.55. The molecule has 0 aromatic rings. The molecule has 0 radical (unpaired) electrons. The van der Waals surface area contributed by atoms with Crippen LogP contribution in [0.15, 0.2) is 24.7 Å². The van der Waals surface area contributed by atoms with Gasteiger partial charge in [0.05, 0.1) is 18.6 Å². The second-order valence-electron chi connectivity index (χ2n) is 13.1. The maximum absolute atomic E-state index is 6.92. The lowest BCUT2D eigenvalue weighted by Crippen LogP contribution is -2.67. The molecule has 36 heavy (non-hydrogen) atoms. The van der Waals surface area contributed by atoms with Crippen LogP contribution in [0.3, 0.4) is 0 Å². The highest BCUT2D eigenvalue weighted by Crippen LogP contribution is 2.55. The van der Waals surface area contributed by atoms with Crippen molar-refractivity contribution in [3.05, 3.63) is 24.7 Å². The van der Waals surface area contributed by atoms with Crippen molar-refractivity contribution in [2.24, 2.45) is 0 Å². The lowest BCUT2D eigenvalue weighted by atomic mass is 10.0. The summed E-state index contributed by atoms with van der Waals surface area (Å²) in [6.45, 7) is 20.5. The summed E-state index contributed by atoms with van der Waals surface area (Å²) >= 11 is 0. The van der Waals surface area contributed by atoms with Gasteiger partial charge in [-0.1, -0.05) is 132 Å². The molecule has 2 heterocycles. The monoisotopic (exact) mass is 522 g/mol. The summed E-state index contributed by atoms with van der Waals surface area (Å²) in [7, 11) is -2.57. The number of fused-ring (bicyclic) bond motifs is 1. The zero-order valence-corrected chi connectivity index (χ0v) is 25.8. The quantitative estimate of drug-likeness (QED) is 0.115. The van der Waals surface area contributed by atoms with Crippen molar-refractivity contribution < 1.29 is 18.3 Å². The highest BCUT2D eigenvalue weighted by Gasteiger charge is 2.63. The standard InChI is InChI=1S/C31H58O4Si/c1-9-10-11-12-13-14-15-16-17-18-19-20-21-22-26(2)34-27-23-24-32-28-25-33-36(30(3,4)5,31(6,7)8)35-29(27)28/h23-24,27-29H,2,9-22,25H2,1,3-8H3/t27-,28+,29-/m0/s1. The Morgan fingerprint density at radius 1 is 0.833 bits per heavy atom. The van der Waals surface area contributed by atoms with Crippen LogP contribution in [0.1, 0.15) is 138 Å². The van der Waals surface area contributed by atoms with Gasteiger partial charge in [-0.15, -0.1) is 0 Å².